The van der Waals surface area contributed by atoms with Gasteiger partial charge >= 0.3 is 6.18 Å². The average Bonchev–Trinajstić information content (AvgIpc) is 2.99. The highest BCUT2D eigenvalue weighted by Crippen LogP contribution is 2.45. The number of imidazole rings is 1. The lowest BCUT2D eigenvalue weighted by Gasteiger charge is -2.14. The van der Waals surface area contributed by atoms with Gasteiger partial charge in [0, 0.05) is 11.4 Å². The van der Waals surface area contributed by atoms with Crippen molar-refractivity contribution in [1.29, 1.82) is 0 Å². The molecule has 162 valence electrons. The summed E-state index contributed by atoms with van der Waals surface area (Å²) < 4.78 is 54.8. The van der Waals surface area contributed by atoms with E-state index in [4.69, 9.17) is 10.5 Å². The normalized spacial score (nSPS) is 14.1. The highest BCUT2D eigenvalue weighted by Gasteiger charge is 2.38. The number of phenolic OH excluding ortho intramolecular Hbond substituents is 1. The maximum Gasteiger partial charge on any atom is 0.398 e. The molecule has 0 aliphatic heterocycles. The number of nitrogens with zero attached hydrogens (tertiary/aromatic N) is 4. The van der Waals surface area contributed by atoms with E-state index in [-0.39, 0.29) is 24.8 Å². The van der Waals surface area contributed by atoms with E-state index in [0.717, 1.165) is 0 Å². The lowest BCUT2D eigenvalue weighted by atomic mass is 10.3. The first kappa shape index (κ1) is 22.3. The second kappa shape index (κ2) is 8.80. The van der Waals surface area contributed by atoms with Gasteiger partial charge in [0.1, 0.15) is 28.8 Å². The zero-order valence-corrected chi connectivity index (χ0v) is 17.0. The van der Waals surface area contributed by atoms with Crippen molar-refractivity contribution in [3.63, 3.8) is 0 Å². The van der Waals surface area contributed by atoms with Crippen LogP contribution >= 0.6 is 19.1 Å². The van der Waals surface area contributed by atoms with Crippen LogP contribution in [0.25, 0.3) is 11.2 Å². The molecule has 0 saturated heterocycles. The highest BCUT2D eigenvalue weighted by atomic mass is 32.2. The van der Waals surface area contributed by atoms with Gasteiger partial charge in [-0.2, -0.15) is 18.2 Å². The van der Waals surface area contributed by atoms with E-state index in [1.54, 1.807) is 22.8 Å². The SMILES string of the molecule is Nc1nc(Sc2cccc(O)c2)c2ncn(CCOCP(=O)(O)CC(F)(F)F)c2n1. The molecule has 0 fully saturated rings. The Kier molecular flexibility index (Phi) is 6.56. The molecule has 1 unspecified atom stereocenters. The maximum absolute atomic E-state index is 12.3. The van der Waals surface area contributed by atoms with Crippen molar-refractivity contribution < 1.29 is 32.5 Å². The molecular weight excluding hydrogens is 446 g/mol. The number of alkyl halides is 3. The molecule has 14 heteroatoms. The summed E-state index contributed by atoms with van der Waals surface area (Å²) >= 11 is 1.22. The minimum absolute atomic E-state index is 0.0159. The Bertz CT molecular complexity index is 1090. The summed E-state index contributed by atoms with van der Waals surface area (Å²) in [6.45, 7) is -0.0119. The second-order valence-corrected chi connectivity index (χ2v) is 9.58. The molecule has 2 heterocycles. The number of phenols is 1. The number of hydrogen-bond acceptors (Lipinski definition) is 8. The first-order valence-corrected chi connectivity index (χ1v) is 11.3. The van der Waals surface area contributed by atoms with Gasteiger partial charge in [-0.15, -0.1) is 0 Å². The summed E-state index contributed by atoms with van der Waals surface area (Å²) in [4.78, 5) is 22.6. The molecule has 30 heavy (non-hydrogen) atoms. The van der Waals surface area contributed by atoms with Crippen molar-refractivity contribution in [3.05, 3.63) is 30.6 Å². The summed E-state index contributed by atoms with van der Waals surface area (Å²) in [6, 6.07) is 6.53. The zero-order chi connectivity index (χ0) is 21.9. The zero-order valence-electron chi connectivity index (χ0n) is 15.3. The molecule has 0 amide bonds. The van der Waals surface area contributed by atoms with E-state index >= 15 is 0 Å². The number of benzene rings is 1. The van der Waals surface area contributed by atoms with Crippen molar-refractivity contribution in [1.82, 2.24) is 19.5 Å². The van der Waals surface area contributed by atoms with Crippen LogP contribution in [-0.2, 0) is 15.8 Å². The van der Waals surface area contributed by atoms with Crippen LogP contribution in [0.5, 0.6) is 5.75 Å². The molecule has 0 aliphatic rings. The van der Waals surface area contributed by atoms with Crippen molar-refractivity contribution in [2.75, 3.05) is 24.9 Å². The standard InChI is InChI=1S/C16H17F3N5O4PS/c17-16(18,19)7-29(26,27)9-28-5-4-24-8-21-12-13(24)22-15(20)23-14(12)30-11-3-1-2-10(25)6-11/h1-3,6,8,25H,4-5,7,9H2,(H,26,27)(H2,20,22,23). The van der Waals surface area contributed by atoms with Gasteiger partial charge < -0.3 is 25.0 Å². The number of ether oxygens (including phenoxy) is 1. The number of halogens is 3. The first-order chi connectivity index (χ1) is 14.0. The third kappa shape index (κ3) is 6.08. The van der Waals surface area contributed by atoms with Crippen LogP contribution < -0.4 is 5.73 Å². The Morgan fingerprint density at radius 3 is 2.77 bits per heavy atom. The number of rotatable bonds is 8. The molecule has 1 aromatic carbocycles. The number of aromatic hydroxyl groups is 1. The highest BCUT2D eigenvalue weighted by molar-refractivity contribution is 7.99. The minimum Gasteiger partial charge on any atom is -0.508 e. The molecule has 0 radical (unpaired) electrons. The van der Waals surface area contributed by atoms with Gasteiger partial charge in [0.2, 0.25) is 13.3 Å². The largest absolute Gasteiger partial charge is 0.508 e. The lowest BCUT2D eigenvalue weighted by molar-refractivity contribution is -0.108. The Labute approximate surface area is 172 Å². The number of anilines is 1. The van der Waals surface area contributed by atoms with Crippen LogP contribution in [0.2, 0.25) is 0 Å². The second-order valence-electron chi connectivity index (χ2n) is 6.25. The first-order valence-electron chi connectivity index (χ1n) is 8.43. The topological polar surface area (TPSA) is 136 Å². The number of fused-ring (bicyclic) bond motifs is 1. The van der Waals surface area contributed by atoms with E-state index in [0.29, 0.717) is 21.1 Å². The summed E-state index contributed by atoms with van der Waals surface area (Å²) in [5, 5.41) is 10.1. The molecule has 4 N–H and O–H groups in total. The molecule has 3 rings (SSSR count). The number of hydrogen-bond donors (Lipinski definition) is 3. The quantitative estimate of drug-likeness (QED) is 0.261. The van der Waals surface area contributed by atoms with E-state index in [1.807, 2.05) is 0 Å². The third-order valence-electron chi connectivity index (χ3n) is 3.68. The minimum atomic E-state index is -4.74. The summed E-state index contributed by atoms with van der Waals surface area (Å²) in [6.07, 6.45) is -6.02. The Morgan fingerprint density at radius 1 is 1.30 bits per heavy atom. The van der Waals surface area contributed by atoms with Gasteiger partial charge in [0.25, 0.3) is 0 Å². The molecular formula is C16H17F3N5O4PS. The van der Waals surface area contributed by atoms with E-state index in [1.165, 1.54) is 24.2 Å². The molecule has 0 aliphatic carbocycles. The van der Waals surface area contributed by atoms with Gasteiger partial charge in [-0.25, -0.2) is 9.97 Å². The lowest BCUT2D eigenvalue weighted by Crippen LogP contribution is -2.17. The predicted molar refractivity (Wildman–Crippen MR) is 104 cm³/mol. The smallest absolute Gasteiger partial charge is 0.398 e. The van der Waals surface area contributed by atoms with Crippen molar-refractivity contribution in [2.24, 2.45) is 0 Å². The molecule has 0 spiro atoms. The van der Waals surface area contributed by atoms with E-state index in [9.17, 15) is 27.7 Å². The molecule has 0 saturated carbocycles. The molecule has 9 nitrogen and oxygen atoms in total. The Balaban J connectivity index is 1.69. The van der Waals surface area contributed by atoms with Gasteiger partial charge in [-0.3, -0.25) is 4.57 Å². The van der Waals surface area contributed by atoms with Crippen molar-refractivity contribution >= 4 is 36.2 Å². The summed E-state index contributed by atoms with van der Waals surface area (Å²) in [5.74, 6) is 0.0745. The Morgan fingerprint density at radius 2 is 2.07 bits per heavy atom. The fourth-order valence-corrected chi connectivity index (χ4v) is 4.52. The molecule has 1 atom stereocenters. The van der Waals surface area contributed by atoms with Crippen LogP contribution in [0.1, 0.15) is 0 Å². The molecule has 2 aromatic heterocycles. The van der Waals surface area contributed by atoms with Crippen LogP contribution in [0.3, 0.4) is 0 Å². The maximum atomic E-state index is 12.3. The number of nitrogen functional groups attached to an aromatic ring is 1. The molecule has 3 aromatic rings. The third-order valence-corrected chi connectivity index (χ3v) is 6.08. The van der Waals surface area contributed by atoms with Crippen LogP contribution in [0.4, 0.5) is 19.1 Å². The van der Waals surface area contributed by atoms with E-state index < -0.39 is 26.1 Å². The van der Waals surface area contributed by atoms with Gasteiger partial charge in [0.15, 0.2) is 5.65 Å². The van der Waals surface area contributed by atoms with E-state index in [2.05, 4.69) is 15.0 Å². The van der Waals surface area contributed by atoms with Gasteiger partial charge in [-0.1, -0.05) is 17.8 Å². The fourth-order valence-electron chi connectivity index (χ4n) is 2.52. The predicted octanol–water partition coefficient (Wildman–Crippen LogP) is 3.07. The van der Waals surface area contributed by atoms with Crippen molar-refractivity contribution in [3.8, 4) is 5.75 Å². The fraction of sp³-hybridized carbons (Fsp3) is 0.312. The molecule has 0 bridgehead atoms. The van der Waals surface area contributed by atoms with Crippen molar-refractivity contribution in [2.45, 2.75) is 22.6 Å². The average molecular weight is 463 g/mol. The van der Waals surface area contributed by atoms with Gasteiger partial charge in [-0.05, 0) is 18.2 Å². The summed E-state index contributed by atoms with van der Waals surface area (Å²) in [7, 11) is -4.47. The number of nitrogens with two attached hydrogens (primary N) is 1. The monoisotopic (exact) mass is 463 g/mol. The van der Waals surface area contributed by atoms with Crippen LogP contribution in [0, 0.1) is 0 Å². The summed E-state index contributed by atoms with van der Waals surface area (Å²) in [5.41, 5.74) is 6.58. The van der Waals surface area contributed by atoms with Gasteiger partial charge in [0.05, 0.1) is 12.9 Å². The van der Waals surface area contributed by atoms with Crippen LogP contribution in [-0.4, -0.2) is 54.8 Å². The number of aromatic nitrogens is 4. The van der Waals surface area contributed by atoms with Crippen LogP contribution in [0.15, 0.2) is 40.5 Å². The Hall–Kier alpha value is -2.34.